The Morgan fingerprint density at radius 1 is 1.24 bits per heavy atom. The molecule has 2 aromatic rings. The van der Waals surface area contributed by atoms with Gasteiger partial charge in [0.1, 0.15) is 11.5 Å². The summed E-state index contributed by atoms with van der Waals surface area (Å²) in [6.07, 6.45) is 1.78. The highest BCUT2D eigenvalue weighted by atomic mass is 79.9. The molecule has 0 fully saturated rings. The maximum absolute atomic E-state index is 6.28. The van der Waals surface area contributed by atoms with Gasteiger partial charge in [-0.1, -0.05) is 0 Å². The Morgan fingerprint density at radius 3 is 2.67 bits per heavy atom. The zero-order valence-corrected chi connectivity index (χ0v) is 14.3. The molecule has 1 heterocycles. The van der Waals surface area contributed by atoms with Gasteiger partial charge in [0.05, 0.1) is 19.2 Å². The van der Waals surface area contributed by atoms with E-state index in [1.165, 1.54) is 0 Å². The molecule has 0 radical (unpaired) electrons. The summed E-state index contributed by atoms with van der Waals surface area (Å²) in [6, 6.07) is 9.41. The van der Waals surface area contributed by atoms with Gasteiger partial charge in [0.2, 0.25) is 0 Å². The Labute approximate surface area is 137 Å². The molecular formula is C15H17BrN2O2S. The number of benzene rings is 1. The van der Waals surface area contributed by atoms with Crippen LogP contribution in [0, 0.1) is 0 Å². The fourth-order valence-corrected chi connectivity index (χ4v) is 2.90. The lowest BCUT2D eigenvalue weighted by atomic mass is 10.1. The molecule has 1 aromatic heterocycles. The Balaban J connectivity index is 2.08. The van der Waals surface area contributed by atoms with Crippen LogP contribution in [0.5, 0.6) is 11.5 Å². The van der Waals surface area contributed by atoms with Crippen LogP contribution in [0.25, 0.3) is 0 Å². The highest BCUT2D eigenvalue weighted by molar-refractivity contribution is 9.10. The molecule has 0 aliphatic heterocycles. The van der Waals surface area contributed by atoms with E-state index < -0.39 is 0 Å². The highest BCUT2D eigenvalue weighted by Gasteiger charge is 2.14. The molecule has 0 saturated carbocycles. The minimum absolute atomic E-state index is 0.162. The van der Waals surface area contributed by atoms with Crippen LogP contribution >= 0.6 is 27.7 Å². The number of ether oxygens (including phenoxy) is 2. The van der Waals surface area contributed by atoms with Crippen molar-refractivity contribution in [1.29, 1.82) is 0 Å². The van der Waals surface area contributed by atoms with E-state index in [1.54, 1.807) is 32.2 Å². The SMILES string of the molecule is COc1ccc(OC)c(C(N)CSc2ccc(Br)cn2)c1. The summed E-state index contributed by atoms with van der Waals surface area (Å²) in [5.74, 6) is 2.25. The first-order chi connectivity index (χ1) is 10.1. The summed E-state index contributed by atoms with van der Waals surface area (Å²) in [5, 5.41) is 0.940. The van der Waals surface area contributed by atoms with Gasteiger partial charge in [0, 0.05) is 28.0 Å². The standard InChI is InChI=1S/C15H17BrN2O2S/c1-19-11-4-5-14(20-2)12(7-11)13(17)9-21-15-6-3-10(16)8-18-15/h3-8,13H,9,17H2,1-2H3. The molecule has 1 aromatic carbocycles. The number of rotatable bonds is 6. The van der Waals surface area contributed by atoms with Gasteiger partial charge in [-0.3, -0.25) is 0 Å². The highest BCUT2D eigenvalue weighted by Crippen LogP contribution is 2.31. The first-order valence-electron chi connectivity index (χ1n) is 6.36. The number of pyridine rings is 1. The monoisotopic (exact) mass is 368 g/mol. The van der Waals surface area contributed by atoms with Crippen molar-refractivity contribution >= 4 is 27.7 Å². The molecule has 0 amide bonds. The van der Waals surface area contributed by atoms with Crippen LogP contribution in [0.3, 0.4) is 0 Å². The second-order valence-corrected chi connectivity index (χ2v) is 6.30. The Bertz CT molecular complexity index is 593. The number of halogens is 1. The maximum atomic E-state index is 6.28. The summed E-state index contributed by atoms with van der Waals surface area (Å²) in [4.78, 5) is 4.32. The topological polar surface area (TPSA) is 57.4 Å². The molecule has 0 saturated heterocycles. The van der Waals surface area contributed by atoms with E-state index >= 15 is 0 Å². The molecule has 0 aliphatic rings. The van der Waals surface area contributed by atoms with E-state index in [-0.39, 0.29) is 6.04 Å². The van der Waals surface area contributed by atoms with Crippen molar-refractivity contribution in [1.82, 2.24) is 4.98 Å². The van der Waals surface area contributed by atoms with Crippen molar-refractivity contribution in [2.24, 2.45) is 5.73 Å². The molecule has 0 spiro atoms. The van der Waals surface area contributed by atoms with Crippen LogP contribution < -0.4 is 15.2 Å². The minimum atomic E-state index is -0.162. The average molecular weight is 369 g/mol. The number of thioether (sulfide) groups is 1. The van der Waals surface area contributed by atoms with E-state index in [4.69, 9.17) is 15.2 Å². The fraction of sp³-hybridized carbons (Fsp3) is 0.267. The van der Waals surface area contributed by atoms with Crippen LogP contribution in [0.15, 0.2) is 46.0 Å². The van der Waals surface area contributed by atoms with Gasteiger partial charge in [-0.15, -0.1) is 11.8 Å². The number of aromatic nitrogens is 1. The predicted octanol–water partition coefficient (Wildman–Crippen LogP) is 3.65. The third-order valence-electron chi connectivity index (χ3n) is 2.95. The fourth-order valence-electron chi connectivity index (χ4n) is 1.84. The molecule has 6 heteroatoms. The molecule has 4 nitrogen and oxygen atoms in total. The molecule has 21 heavy (non-hydrogen) atoms. The van der Waals surface area contributed by atoms with Gasteiger partial charge in [-0.2, -0.15) is 0 Å². The first kappa shape index (κ1) is 16.1. The first-order valence-corrected chi connectivity index (χ1v) is 8.13. The van der Waals surface area contributed by atoms with Crippen LogP contribution in [0.1, 0.15) is 11.6 Å². The molecule has 112 valence electrons. The zero-order chi connectivity index (χ0) is 15.2. The number of nitrogens with two attached hydrogens (primary N) is 1. The van der Waals surface area contributed by atoms with Crippen molar-refractivity contribution in [2.45, 2.75) is 11.1 Å². The van der Waals surface area contributed by atoms with E-state index in [1.807, 2.05) is 30.3 Å². The minimum Gasteiger partial charge on any atom is -0.497 e. The molecule has 2 rings (SSSR count). The van der Waals surface area contributed by atoms with E-state index in [2.05, 4.69) is 20.9 Å². The van der Waals surface area contributed by atoms with Gasteiger partial charge in [0.15, 0.2) is 0 Å². The van der Waals surface area contributed by atoms with Crippen molar-refractivity contribution in [2.75, 3.05) is 20.0 Å². The maximum Gasteiger partial charge on any atom is 0.123 e. The lowest BCUT2D eigenvalue weighted by molar-refractivity contribution is 0.396. The molecule has 1 unspecified atom stereocenters. The van der Waals surface area contributed by atoms with Crippen LogP contribution in [0.2, 0.25) is 0 Å². The molecule has 0 bridgehead atoms. The van der Waals surface area contributed by atoms with Gasteiger partial charge >= 0.3 is 0 Å². The third kappa shape index (κ3) is 4.36. The van der Waals surface area contributed by atoms with Crippen molar-refractivity contribution < 1.29 is 9.47 Å². The van der Waals surface area contributed by atoms with Gasteiger partial charge < -0.3 is 15.2 Å². The molecule has 2 N–H and O–H groups in total. The summed E-state index contributed by atoms with van der Waals surface area (Å²) in [7, 11) is 3.28. The number of nitrogens with zero attached hydrogens (tertiary/aromatic N) is 1. The molecule has 1 atom stereocenters. The average Bonchev–Trinajstić information content (AvgIpc) is 2.53. The van der Waals surface area contributed by atoms with Gasteiger partial charge in [-0.25, -0.2) is 4.98 Å². The molecular weight excluding hydrogens is 352 g/mol. The number of hydrogen-bond acceptors (Lipinski definition) is 5. The molecule has 0 aliphatic carbocycles. The summed E-state index contributed by atoms with van der Waals surface area (Å²) >= 11 is 4.98. The van der Waals surface area contributed by atoms with Crippen LogP contribution in [-0.2, 0) is 0 Å². The smallest absolute Gasteiger partial charge is 0.123 e. The second kappa shape index (κ2) is 7.68. The third-order valence-corrected chi connectivity index (χ3v) is 4.48. The van der Waals surface area contributed by atoms with E-state index in [0.717, 1.165) is 26.6 Å². The van der Waals surface area contributed by atoms with Crippen molar-refractivity contribution in [3.63, 3.8) is 0 Å². The van der Waals surface area contributed by atoms with E-state index in [0.29, 0.717) is 5.75 Å². The lowest BCUT2D eigenvalue weighted by Crippen LogP contribution is -2.14. The van der Waals surface area contributed by atoms with E-state index in [9.17, 15) is 0 Å². The Morgan fingerprint density at radius 2 is 2.05 bits per heavy atom. The summed E-state index contributed by atoms with van der Waals surface area (Å²) in [5.41, 5.74) is 7.21. The predicted molar refractivity (Wildman–Crippen MR) is 89.1 cm³/mol. The van der Waals surface area contributed by atoms with Crippen LogP contribution in [0.4, 0.5) is 0 Å². The second-order valence-electron chi connectivity index (χ2n) is 4.34. The Kier molecular flexibility index (Phi) is 5.90. The van der Waals surface area contributed by atoms with Gasteiger partial charge in [-0.05, 0) is 46.3 Å². The lowest BCUT2D eigenvalue weighted by Gasteiger charge is -2.16. The van der Waals surface area contributed by atoms with Crippen molar-refractivity contribution in [3.05, 3.63) is 46.6 Å². The normalized spacial score (nSPS) is 12.0. The largest absolute Gasteiger partial charge is 0.497 e. The number of methoxy groups -OCH3 is 2. The summed E-state index contributed by atoms with van der Waals surface area (Å²) < 4.78 is 11.6. The van der Waals surface area contributed by atoms with Crippen molar-refractivity contribution in [3.8, 4) is 11.5 Å². The Hall–Kier alpha value is -1.24. The quantitative estimate of drug-likeness (QED) is 0.788. The number of hydrogen-bond donors (Lipinski definition) is 1. The summed E-state index contributed by atoms with van der Waals surface area (Å²) in [6.45, 7) is 0. The zero-order valence-electron chi connectivity index (χ0n) is 11.9. The van der Waals surface area contributed by atoms with Gasteiger partial charge in [0.25, 0.3) is 0 Å². The van der Waals surface area contributed by atoms with Crippen LogP contribution in [-0.4, -0.2) is 25.0 Å².